The minimum atomic E-state index is -0.528. The average molecular weight is 384 g/mol. The number of carbonyl (C=O) groups is 1. The Bertz CT molecular complexity index is 973. The number of hydrogen-bond donors (Lipinski definition) is 0. The van der Waals surface area contributed by atoms with Crippen molar-refractivity contribution in [1.29, 1.82) is 0 Å². The Morgan fingerprint density at radius 1 is 1.04 bits per heavy atom. The van der Waals surface area contributed by atoms with E-state index in [1.165, 1.54) is 0 Å². The maximum Gasteiger partial charge on any atom is 0.374 e. The number of furan rings is 1. The Morgan fingerprint density at radius 3 is 2.46 bits per heavy atom. The Morgan fingerprint density at radius 2 is 1.75 bits per heavy atom. The molecular formula is C22H24O6. The van der Waals surface area contributed by atoms with E-state index in [0.29, 0.717) is 29.3 Å². The molecule has 0 bridgehead atoms. The Balaban J connectivity index is 1.84. The van der Waals surface area contributed by atoms with E-state index in [9.17, 15) is 4.79 Å². The van der Waals surface area contributed by atoms with E-state index in [0.717, 1.165) is 16.5 Å². The fourth-order valence-corrected chi connectivity index (χ4v) is 3.00. The minimum Gasteiger partial charge on any atom is -0.493 e. The zero-order valence-electron chi connectivity index (χ0n) is 16.5. The summed E-state index contributed by atoms with van der Waals surface area (Å²) >= 11 is 0. The maximum absolute atomic E-state index is 12.7. The highest BCUT2D eigenvalue weighted by Gasteiger charge is 2.22. The van der Waals surface area contributed by atoms with Crippen LogP contribution < -0.4 is 9.47 Å². The highest BCUT2D eigenvalue weighted by molar-refractivity contribution is 5.96. The second kappa shape index (κ2) is 8.80. The van der Waals surface area contributed by atoms with Crippen LogP contribution in [-0.4, -0.2) is 26.8 Å². The van der Waals surface area contributed by atoms with Crippen LogP contribution in [0.1, 0.15) is 34.2 Å². The monoisotopic (exact) mass is 384 g/mol. The van der Waals surface area contributed by atoms with E-state index < -0.39 is 5.97 Å². The molecule has 0 amide bonds. The molecule has 0 atom stereocenters. The Labute approximate surface area is 163 Å². The van der Waals surface area contributed by atoms with Crippen LogP contribution in [0.5, 0.6) is 11.5 Å². The molecule has 6 heteroatoms. The van der Waals surface area contributed by atoms with Gasteiger partial charge in [0.05, 0.1) is 20.8 Å². The van der Waals surface area contributed by atoms with Gasteiger partial charge in [-0.3, -0.25) is 0 Å². The van der Waals surface area contributed by atoms with Crippen molar-refractivity contribution >= 4 is 16.9 Å². The first-order chi connectivity index (χ1) is 13.6. The third-order valence-electron chi connectivity index (χ3n) is 4.54. The quantitative estimate of drug-likeness (QED) is 0.527. The lowest BCUT2D eigenvalue weighted by Crippen LogP contribution is -2.08. The van der Waals surface area contributed by atoms with Crippen LogP contribution in [0.25, 0.3) is 11.0 Å². The summed E-state index contributed by atoms with van der Waals surface area (Å²) in [6, 6.07) is 11.1. The van der Waals surface area contributed by atoms with Gasteiger partial charge in [0.1, 0.15) is 12.2 Å². The van der Waals surface area contributed by atoms with Gasteiger partial charge in [0.15, 0.2) is 11.5 Å². The van der Waals surface area contributed by atoms with Crippen molar-refractivity contribution in [3.8, 4) is 11.5 Å². The number of para-hydroxylation sites is 1. The second-order valence-corrected chi connectivity index (χ2v) is 6.25. The molecule has 0 saturated carbocycles. The van der Waals surface area contributed by atoms with Gasteiger partial charge in [-0.25, -0.2) is 4.79 Å². The van der Waals surface area contributed by atoms with Crippen LogP contribution in [0.4, 0.5) is 0 Å². The molecule has 0 fully saturated rings. The number of rotatable bonds is 8. The first-order valence-electron chi connectivity index (χ1n) is 9.05. The third-order valence-corrected chi connectivity index (χ3v) is 4.54. The summed E-state index contributed by atoms with van der Waals surface area (Å²) in [6.07, 6.45) is 0. The fourth-order valence-electron chi connectivity index (χ4n) is 3.00. The predicted octanol–water partition coefficient (Wildman–Crippen LogP) is 4.65. The zero-order chi connectivity index (χ0) is 20.1. The van der Waals surface area contributed by atoms with Crippen molar-refractivity contribution in [3.63, 3.8) is 0 Å². The summed E-state index contributed by atoms with van der Waals surface area (Å²) in [5.74, 6) is 0.860. The first-order valence-corrected chi connectivity index (χ1v) is 9.05. The topological polar surface area (TPSA) is 67.1 Å². The van der Waals surface area contributed by atoms with E-state index in [1.54, 1.807) is 20.3 Å². The van der Waals surface area contributed by atoms with E-state index >= 15 is 0 Å². The van der Waals surface area contributed by atoms with Gasteiger partial charge >= 0.3 is 5.97 Å². The molecule has 148 valence electrons. The van der Waals surface area contributed by atoms with Gasteiger partial charge in [0, 0.05) is 17.6 Å². The van der Waals surface area contributed by atoms with Crippen molar-refractivity contribution in [2.24, 2.45) is 0 Å². The van der Waals surface area contributed by atoms with Gasteiger partial charge in [0.25, 0.3) is 0 Å². The number of esters is 1. The first kappa shape index (κ1) is 19.8. The summed E-state index contributed by atoms with van der Waals surface area (Å²) in [4.78, 5) is 12.7. The smallest absolute Gasteiger partial charge is 0.374 e. The van der Waals surface area contributed by atoms with Crippen LogP contribution in [-0.2, 0) is 22.7 Å². The fraction of sp³-hybridized carbons (Fsp3) is 0.318. The van der Waals surface area contributed by atoms with Crippen LogP contribution in [0.15, 0.2) is 40.8 Å². The van der Waals surface area contributed by atoms with Gasteiger partial charge in [-0.05, 0) is 43.2 Å². The number of methoxy groups -OCH3 is 2. The van der Waals surface area contributed by atoms with Crippen molar-refractivity contribution in [2.45, 2.75) is 27.1 Å². The SMILES string of the molecule is CCOCc1c(C(=O)OCc2cc(OC)c(OC)cc2C)oc2ccccc12. The molecule has 3 rings (SSSR count). The molecule has 1 heterocycles. The lowest BCUT2D eigenvalue weighted by Gasteiger charge is -2.13. The molecule has 28 heavy (non-hydrogen) atoms. The van der Waals surface area contributed by atoms with Crippen LogP contribution >= 0.6 is 0 Å². The highest BCUT2D eigenvalue weighted by Crippen LogP contribution is 2.31. The number of aryl methyl sites for hydroxylation is 1. The largest absolute Gasteiger partial charge is 0.493 e. The number of fused-ring (bicyclic) bond motifs is 1. The van der Waals surface area contributed by atoms with Crippen LogP contribution in [0.3, 0.4) is 0 Å². The number of ether oxygens (including phenoxy) is 4. The van der Waals surface area contributed by atoms with Crippen molar-refractivity contribution in [3.05, 3.63) is 58.8 Å². The molecule has 0 spiro atoms. The second-order valence-electron chi connectivity index (χ2n) is 6.25. The molecule has 0 unspecified atom stereocenters. The minimum absolute atomic E-state index is 0.0934. The normalized spacial score (nSPS) is 10.9. The lowest BCUT2D eigenvalue weighted by atomic mass is 10.1. The van der Waals surface area contributed by atoms with Crippen LogP contribution in [0.2, 0.25) is 0 Å². The molecular weight excluding hydrogens is 360 g/mol. The van der Waals surface area contributed by atoms with Gasteiger partial charge in [0.2, 0.25) is 5.76 Å². The molecule has 0 radical (unpaired) electrons. The molecule has 0 aliphatic carbocycles. The molecule has 0 N–H and O–H groups in total. The molecule has 0 saturated heterocycles. The van der Waals surface area contributed by atoms with E-state index in [4.69, 9.17) is 23.4 Å². The van der Waals surface area contributed by atoms with Gasteiger partial charge < -0.3 is 23.4 Å². The van der Waals surface area contributed by atoms with E-state index in [2.05, 4.69) is 0 Å². The van der Waals surface area contributed by atoms with Gasteiger partial charge in [-0.2, -0.15) is 0 Å². The molecule has 1 aromatic heterocycles. The highest BCUT2D eigenvalue weighted by atomic mass is 16.5. The summed E-state index contributed by atoms with van der Waals surface area (Å²) in [5, 5.41) is 0.852. The van der Waals surface area contributed by atoms with Crippen molar-refractivity contribution < 1.29 is 28.2 Å². The zero-order valence-corrected chi connectivity index (χ0v) is 16.5. The van der Waals surface area contributed by atoms with Gasteiger partial charge in [-0.1, -0.05) is 18.2 Å². The summed E-state index contributed by atoms with van der Waals surface area (Å²) in [6.45, 7) is 4.75. The number of hydrogen-bond acceptors (Lipinski definition) is 6. The van der Waals surface area contributed by atoms with Crippen LogP contribution in [0, 0.1) is 6.92 Å². The average Bonchev–Trinajstić information content (AvgIpc) is 3.09. The molecule has 6 nitrogen and oxygen atoms in total. The molecule has 2 aromatic carbocycles. The molecule has 0 aliphatic rings. The number of benzene rings is 2. The van der Waals surface area contributed by atoms with Gasteiger partial charge in [-0.15, -0.1) is 0 Å². The van der Waals surface area contributed by atoms with E-state index in [-0.39, 0.29) is 19.0 Å². The van der Waals surface area contributed by atoms with Crippen molar-refractivity contribution in [1.82, 2.24) is 0 Å². The van der Waals surface area contributed by atoms with Crippen molar-refractivity contribution in [2.75, 3.05) is 20.8 Å². The Hall–Kier alpha value is -2.99. The number of carbonyl (C=O) groups excluding carboxylic acids is 1. The molecule has 0 aliphatic heterocycles. The predicted molar refractivity (Wildman–Crippen MR) is 105 cm³/mol. The molecule has 3 aromatic rings. The standard InChI is InChI=1S/C22H24O6/c1-5-26-13-17-16-8-6-7-9-18(16)28-21(17)22(23)27-12-15-11-20(25-4)19(24-3)10-14(15)2/h6-11H,5,12-13H2,1-4H3. The van der Waals surface area contributed by atoms with E-state index in [1.807, 2.05) is 44.2 Å². The summed E-state index contributed by atoms with van der Waals surface area (Å²) in [7, 11) is 3.15. The summed E-state index contributed by atoms with van der Waals surface area (Å²) < 4.78 is 27.4. The lowest BCUT2D eigenvalue weighted by molar-refractivity contribution is 0.0429. The third kappa shape index (κ3) is 3.97. The summed E-state index contributed by atoms with van der Waals surface area (Å²) in [5.41, 5.74) is 3.09. The Kier molecular flexibility index (Phi) is 6.21. The maximum atomic E-state index is 12.7.